The lowest BCUT2D eigenvalue weighted by atomic mass is 10.1. The number of nitrogens with zero attached hydrogens (tertiary/aromatic N) is 1. The van der Waals surface area contributed by atoms with Gasteiger partial charge in [-0.15, -0.1) is 0 Å². The smallest absolute Gasteiger partial charge is 0.257 e. The lowest BCUT2D eigenvalue weighted by molar-refractivity contribution is 0.0714. The number of halogens is 3. The van der Waals surface area contributed by atoms with E-state index in [0.717, 1.165) is 0 Å². The van der Waals surface area contributed by atoms with Crippen LogP contribution in [0.25, 0.3) is 0 Å². The molecule has 17 heavy (non-hydrogen) atoms. The first-order valence-electron chi connectivity index (χ1n) is 5.30. The second-order valence-corrected chi connectivity index (χ2v) is 5.08. The van der Waals surface area contributed by atoms with Crippen LogP contribution in [0.1, 0.15) is 24.2 Å². The molecule has 0 unspecified atom stereocenters. The maximum atomic E-state index is 13.7. The van der Waals surface area contributed by atoms with Gasteiger partial charge in [0.15, 0.2) is 5.82 Å². The number of benzene rings is 1. The molecule has 0 heterocycles. The van der Waals surface area contributed by atoms with Crippen molar-refractivity contribution in [3.05, 3.63) is 34.6 Å². The second-order valence-electron chi connectivity index (χ2n) is 3.88. The highest BCUT2D eigenvalue weighted by Gasteiger charge is 2.22. The third-order valence-electron chi connectivity index (χ3n) is 2.39. The Morgan fingerprint density at radius 1 is 1.53 bits per heavy atom. The van der Waals surface area contributed by atoms with Crippen molar-refractivity contribution in [2.75, 3.05) is 11.9 Å². The molecular formula is C12H14BrClFNO. The fraction of sp³-hybridized carbons (Fsp3) is 0.417. The van der Waals surface area contributed by atoms with Gasteiger partial charge in [0.05, 0.1) is 10.6 Å². The zero-order chi connectivity index (χ0) is 13.0. The van der Waals surface area contributed by atoms with E-state index < -0.39 is 5.82 Å². The van der Waals surface area contributed by atoms with Gasteiger partial charge in [0, 0.05) is 17.9 Å². The van der Waals surface area contributed by atoms with E-state index in [2.05, 4.69) is 15.9 Å². The summed E-state index contributed by atoms with van der Waals surface area (Å²) >= 11 is 8.94. The van der Waals surface area contributed by atoms with Crippen LogP contribution >= 0.6 is 27.5 Å². The van der Waals surface area contributed by atoms with Crippen molar-refractivity contribution >= 4 is 33.4 Å². The summed E-state index contributed by atoms with van der Waals surface area (Å²) in [6, 6.07) is 4.47. The van der Waals surface area contributed by atoms with Crippen LogP contribution in [0.15, 0.2) is 18.2 Å². The van der Waals surface area contributed by atoms with Crippen LogP contribution in [0.4, 0.5) is 4.39 Å². The summed E-state index contributed by atoms with van der Waals surface area (Å²) in [4.78, 5) is 13.8. The Bertz CT molecular complexity index is 411. The van der Waals surface area contributed by atoms with Crippen molar-refractivity contribution in [1.29, 1.82) is 0 Å². The molecule has 0 aromatic heterocycles. The monoisotopic (exact) mass is 321 g/mol. The van der Waals surface area contributed by atoms with Crippen molar-refractivity contribution < 1.29 is 9.18 Å². The number of carbonyl (C=O) groups is 1. The summed E-state index contributed by atoms with van der Waals surface area (Å²) in [5.74, 6) is -0.987. The van der Waals surface area contributed by atoms with Crippen LogP contribution in [-0.4, -0.2) is 28.7 Å². The fourth-order valence-electron chi connectivity index (χ4n) is 1.51. The van der Waals surface area contributed by atoms with Gasteiger partial charge in [-0.3, -0.25) is 4.79 Å². The maximum Gasteiger partial charge on any atom is 0.257 e. The highest BCUT2D eigenvalue weighted by atomic mass is 79.9. The molecule has 0 atom stereocenters. The molecule has 0 radical (unpaired) electrons. The van der Waals surface area contributed by atoms with Crippen LogP contribution in [0.3, 0.4) is 0 Å². The lowest BCUT2D eigenvalue weighted by Gasteiger charge is -2.26. The van der Waals surface area contributed by atoms with E-state index in [1.807, 2.05) is 13.8 Å². The zero-order valence-electron chi connectivity index (χ0n) is 9.71. The molecular weight excluding hydrogens is 308 g/mol. The number of alkyl halides is 1. The third-order valence-corrected chi connectivity index (χ3v) is 3.04. The van der Waals surface area contributed by atoms with Gasteiger partial charge in [0.25, 0.3) is 5.91 Å². The molecule has 0 aliphatic heterocycles. The van der Waals surface area contributed by atoms with Crippen LogP contribution in [0.5, 0.6) is 0 Å². The molecule has 0 fully saturated rings. The first-order valence-corrected chi connectivity index (χ1v) is 6.80. The molecule has 0 spiro atoms. The molecule has 1 amide bonds. The number of hydrogen-bond acceptors (Lipinski definition) is 1. The Balaban J connectivity index is 3.05. The Labute approximate surface area is 114 Å². The van der Waals surface area contributed by atoms with E-state index in [4.69, 9.17) is 11.6 Å². The molecule has 0 saturated carbocycles. The SMILES string of the molecule is CC(C)N(CCBr)C(=O)c1cccc(Cl)c1F. The molecule has 0 saturated heterocycles. The summed E-state index contributed by atoms with van der Waals surface area (Å²) in [5, 5.41) is 0.623. The van der Waals surface area contributed by atoms with Gasteiger partial charge in [-0.2, -0.15) is 0 Å². The minimum atomic E-state index is -0.653. The Hall–Kier alpha value is -0.610. The molecule has 1 aromatic carbocycles. The van der Waals surface area contributed by atoms with Crippen LogP contribution in [-0.2, 0) is 0 Å². The highest BCUT2D eigenvalue weighted by molar-refractivity contribution is 9.09. The van der Waals surface area contributed by atoms with Gasteiger partial charge in [-0.25, -0.2) is 4.39 Å². The average Bonchev–Trinajstić information content (AvgIpc) is 2.28. The predicted octanol–water partition coefficient (Wildman–Crippen LogP) is 3.72. The van der Waals surface area contributed by atoms with Crippen molar-refractivity contribution in [3.63, 3.8) is 0 Å². The topological polar surface area (TPSA) is 20.3 Å². The summed E-state index contributed by atoms with van der Waals surface area (Å²) in [6.45, 7) is 4.31. The van der Waals surface area contributed by atoms with Crippen molar-refractivity contribution in [3.8, 4) is 0 Å². The highest BCUT2D eigenvalue weighted by Crippen LogP contribution is 2.20. The van der Waals surface area contributed by atoms with Gasteiger partial charge < -0.3 is 4.90 Å². The van der Waals surface area contributed by atoms with Gasteiger partial charge in [0.2, 0.25) is 0 Å². The molecule has 94 valence electrons. The quantitative estimate of drug-likeness (QED) is 0.774. The minimum Gasteiger partial charge on any atom is -0.335 e. The normalized spacial score (nSPS) is 10.7. The summed E-state index contributed by atoms with van der Waals surface area (Å²) in [6.07, 6.45) is 0. The Morgan fingerprint density at radius 3 is 2.71 bits per heavy atom. The predicted molar refractivity (Wildman–Crippen MR) is 71.4 cm³/mol. The molecule has 0 bridgehead atoms. The zero-order valence-corrected chi connectivity index (χ0v) is 12.1. The third kappa shape index (κ3) is 3.42. The molecule has 0 N–H and O–H groups in total. The summed E-state index contributed by atoms with van der Waals surface area (Å²) in [7, 11) is 0. The van der Waals surface area contributed by atoms with E-state index in [1.54, 1.807) is 11.0 Å². The number of amides is 1. The van der Waals surface area contributed by atoms with E-state index in [0.29, 0.717) is 11.9 Å². The van der Waals surface area contributed by atoms with Gasteiger partial charge in [-0.05, 0) is 26.0 Å². The number of hydrogen-bond donors (Lipinski definition) is 0. The molecule has 1 aromatic rings. The Kier molecular flexibility index (Phi) is 5.40. The molecule has 0 aliphatic rings. The number of carbonyl (C=O) groups excluding carboxylic acids is 1. The molecule has 1 rings (SSSR count). The van der Waals surface area contributed by atoms with E-state index in [9.17, 15) is 9.18 Å². The number of rotatable bonds is 4. The van der Waals surface area contributed by atoms with E-state index in [-0.39, 0.29) is 22.5 Å². The van der Waals surface area contributed by atoms with Crippen LogP contribution in [0, 0.1) is 5.82 Å². The first kappa shape index (κ1) is 14.5. The Morgan fingerprint density at radius 2 is 2.18 bits per heavy atom. The minimum absolute atomic E-state index is 0.0124. The second kappa shape index (κ2) is 6.36. The largest absolute Gasteiger partial charge is 0.335 e. The van der Waals surface area contributed by atoms with Crippen molar-refractivity contribution in [2.45, 2.75) is 19.9 Å². The van der Waals surface area contributed by atoms with E-state index in [1.165, 1.54) is 12.1 Å². The summed E-state index contributed by atoms with van der Waals surface area (Å²) < 4.78 is 13.7. The van der Waals surface area contributed by atoms with Crippen LogP contribution in [0.2, 0.25) is 5.02 Å². The lowest BCUT2D eigenvalue weighted by Crippen LogP contribution is -2.38. The van der Waals surface area contributed by atoms with Gasteiger partial charge in [0.1, 0.15) is 0 Å². The first-order chi connectivity index (χ1) is 7.99. The molecule has 0 aliphatic carbocycles. The van der Waals surface area contributed by atoms with Crippen molar-refractivity contribution in [1.82, 2.24) is 4.90 Å². The molecule has 2 nitrogen and oxygen atoms in total. The summed E-state index contributed by atoms with van der Waals surface area (Å²) in [5.41, 5.74) is 0.0205. The average molecular weight is 323 g/mol. The van der Waals surface area contributed by atoms with Crippen LogP contribution < -0.4 is 0 Å². The van der Waals surface area contributed by atoms with Crippen molar-refractivity contribution in [2.24, 2.45) is 0 Å². The maximum absolute atomic E-state index is 13.7. The van der Waals surface area contributed by atoms with Gasteiger partial charge in [-0.1, -0.05) is 33.6 Å². The van der Waals surface area contributed by atoms with E-state index >= 15 is 0 Å². The standard InChI is InChI=1S/C12H14BrClFNO/c1-8(2)16(7-6-13)12(17)9-4-3-5-10(14)11(9)15/h3-5,8H,6-7H2,1-2H3. The fourth-order valence-corrected chi connectivity index (χ4v) is 2.07. The molecule has 5 heteroatoms. The van der Waals surface area contributed by atoms with Gasteiger partial charge >= 0.3 is 0 Å².